The van der Waals surface area contributed by atoms with Crippen LogP contribution in [-0.2, 0) is 20.9 Å². The van der Waals surface area contributed by atoms with Crippen LogP contribution in [-0.4, -0.2) is 35.0 Å². The van der Waals surface area contributed by atoms with Gasteiger partial charge in [0.2, 0.25) is 11.8 Å². The third-order valence-electron chi connectivity index (χ3n) is 5.11. The van der Waals surface area contributed by atoms with Crippen LogP contribution < -0.4 is 16.0 Å². The molecule has 1 unspecified atom stereocenters. The van der Waals surface area contributed by atoms with Crippen molar-refractivity contribution in [1.82, 2.24) is 16.0 Å². The molecule has 0 bridgehead atoms. The summed E-state index contributed by atoms with van der Waals surface area (Å²) in [4.78, 5) is 37.6. The molecule has 164 valence electrons. The largest absolute Gasteiger partial charge is 0.445 e. The smallest absolute Gasteiger partial charge is 0.407 e. The molecular weight excluding hydrogens is 382 g/mol. The highest BCUT2D eigenvalue weighted by Gasteiger charge is 2.53. The number of rotatable bonds is 7. The van der Waals surface area contributed by atoms with E-state index >= 15 is 0 Å². The Kier molecular flexibility index (Phi) is 7.65. The van der Waals surface area contributed by atoms with Crippen LogP contribution in [0.15, 0.2) is 43.0 Å². The number of ether oxygens (including phenoxy) is 1. The Bertz CT molecular complexity index is 772. The van der Waals surface area contributed by atoms with Crippen LogP contribution in [0.3, 0.4) is 0 Å². The van der Waals surface area contributed by atoms with Crippen molar-refractivity contribution in [3.8, 4) is 0 Å². The summed E-state index contributed by atoms with van der Waals surface area (Å²) in [5.74, 6) is -0.736. The molecule has 1 aliphatic rings. The molecule has 0 heterocycles. The second kappa shape index (κ2) is 9.78. The highest BCUT2D eigenvalue weighted by atomic mass is 16.5. The van der Waals surface area contributed by atoms with E-state index < -0.39 is 17.2 Å². The first kappa shape index (κ1) is 23.4. The number of hydrogen-bond donors (Lipinski definition) is 3. The molecule has 0 radical (unpaired) electrons. The summed E-state index contributed by atoms with van der Waals surface area (Å²) in [7, 11) is 0. The lowest BCUT2D eigenvalue weighted by molar-refractivity contribution is -0.135. The molecule has 0 aliphatic heterocycles. The Morgan fingerprint density at radius 1 is 1.23 bits per heavy atom. The average Bonchev–Trinajstić information content (AvgIpc) is 2.97. The maximum absolute atomic E-state index is 13.2. The highest BCUT2D eigenvalue weighted by Crippen LogP contribution is 2.39. The van der Waals surface area contributed by atoms with Gasteiger partial charge in [0.15, 0.2) is 0 Å². The minimum absolute atomic E-state index is 0.164. The van der Waals surface area contributed by atoms with Gasteiger partial charge in [0.25, 0.3) is 0 Å². The van der Waals surface area contributed by atoms with Gasteiger partial charge in [-0.1, -0.05) is 36.4 Å². The zero-order valence-electron chi connectivity index (χ0n) is 18.3. The van der Waals surface area contributed by atoms with Crippen molar-refractivity contribution in [1.29, 1.82) is 0 Å². The van der Waals surface area contributed by atoms with Gasteiger partial charge < -0.3 is 20.7 Å². The van der Waals surface area contributed by atoms with Crippen LogP contribution >= 0.6 is 0 Å². The molecule has 0 aromatic heterocycles. The van der Waals surface area contributed by atoms with Gasteiger partial charge in [0, 0.05) is 24.9 Å². The first-order valence-electron chi connectivity index (χ1n) is 10.2. The summed E-state index contributed by atoms with van der Waals surface area (Å²) in [6, 6.07) is 9.09. The van der Waals surface area contributed by atoms with E-state index in [1.807, 2.05) is 51.1 Å². The number of nitrogens with one attached hydrogen (secondary N) is 3. The number of hydrogen-bond acceptors (Lipinski definition) is 4. The fraction of sp³-hybridized carbons (Fsp3) is 0.522. The standard InChI is InChI=1S/C23H33N3O4/c1-6-10-18-13-19(24-21(29)30-15-17-11-8-7-9-12-17)14-23(18,25-16(2)27)20(28)26-22(3,4)5/h6-9,11-12,18-19H,1,10,13-15H2,2-5H3,(H,24,29)(H,25,27)(H,26,28)/t18-,19?,23-/m0/s1. The van der Waals surface area contributed by atoms with E-state index in [2.05, 4.69) is 22.5 Å². The monoisotopic (exact) mass is 415 g/mol. The van der Waals surface area contributed by atoms with E-state index in [1.54, 1.807) is 6.08 Å². The van der Waals surface area contributed by atoms with Crippen molar-refractivity contribution in [2.45, 2.75) is 70.7 Å². The number of amides is 3. The third-order valence-corrected chi connectivity index (χ3v) is 5.11. The molecular formula is C23H33N3O4. The molecule has 3 amide bonds. The van der Waals surface area contributed by atoms with Crippen LogP contribution in [0.2, 0.25) is 0 Å². The predicted molar refractivity (Wildman–Crippen MR) is 116 cm³/mol. The van der Waals surface area contributed by atoms with Gasteiger partial charge in [0.1, 0.15) is 12.1 Å². The molecule has 1 aromatic rings. The van der Waals surface area contributed by atoms with Crippen LogP contribution in [0.25, 0.3) is 0 Å². The van der Waals surface area contributed by atoms with Crippen molar-refractivity contribution in [2.75, 3.05) is 0 Å². The lowest BCUT2D eigenvalue weighted by atomic mass is 9.82. The Morgan fingerprint density at radius 3 is 2.47 bits per heavy atom. The second-order valence-corrected chi connectivity index (χ2v) is 8.92. The molecule has 7 heteroatoms. The summed E-state index contributed by atoms with van der Waals surface area (Å²) in [6.07, 6.45) is 2.55. The molecule has 0 spiro atoms. The Labute approximate surface area is 178 Å². The number of allylic oxidation sites excluding steroid dienone is 1. The summed E-state index contributed by atoms with van der Waals surface area (Å²) < 4.78 is 5.32. The summed E-state index contributed by atoms with van der Waals surface area (Å²) in [5, 5.41) is 8.72. The fourth-order valence-electron chi connectivity index (χ4n) is 3.98. The topological polar surface area (TPSA) is 96.5 Å². The SMILES string of the molecule is C=CC[C@H]1CC(NC(=O)OCc2ccccc2)C[C@@]1(NC(C)=O)C(=O)NC(C)(C)C. The number of benzene rings is 1. The Morgan fingerprint density at radius 2 is 1.90 bits per heavy atom. The first-order chi connectivity index (χ1) is 14.1. The number of carbonyl (C=O) groups is 3. The molecule has 30 heavy (non-hydrogen) atoms. The quantitative estimate of drug-likeness (QED) is 0.596. The van der Waals surface area contributed by atoms with E-state index in [0.29, 0.717) is 12.8 Å². The normalized spacial score (nSPS) is 23.3. The van der Waals surface area contributed by atoms with Crippen molar-refractivity contribution in [3.05, 3.63) is 48.6 Å². The van der Waals surface area contributed by atoms with Crippen molar-refractivity contribution >= 4 is 17.9 Å². The predicted octanol–water partition coefficient (Wildman–Crippen LogP) is 3.06. The Balaban J connectivity index is 2.13. The van der Waals surface area contributed by atoms with Gasteiger partial charge in [-0.3, -0.25) is 9.59 Å². The van der Waals surface area contributed by atoms with Gasteiger partial charge in [0.05, 0.1) is 0 Å². The van der Waals surface area contributed by atoms with Crippen molar-refractivity contribution in [2.24, 2.45) is 5.92 Å². The lowest BCUT2D eigenvalue weighted by Gasteiger charge is -2.37. The first-order valence-corrected chi connectivity index (χ1v) is 10.2. The molecule has 3 N–H and O–H groups in total. The van der Waals surface area contributed by atoms with Crippen LogP contribution in [0.4, 0.5) is 4.79 Å². The Hall–Kier alpha value is -2.83. The van der Waals surface area contributed by atoms with E-state index in [9.17, 15) is 14.4 Å². The number of alkyl carbamates (subject to hydrolysis) is 1. The molecule has 0 saturated heterocycles. The number of carbonyl (C=O) groups excluding carboxylic acids is 3. The second-order valence-electron chi connectivity index (χ2n) is 8.92. The molecule has 1 aromatic carbocycles. The average molecular weight is 416 g/mol. The zero-order valence-corrected chi connectivity index (χ0v) is 18.3. The van der Waals surface area contributed by atoms with E-state index in [1.165, 1.54) is 6.92 Å². The molecule has 3 atom stereocenters. The maximum atomic E-state index is 13.2. The summed E-state index contributed by atoms with van der Waals surface area (Å²) in [6.45, 7) is 11.0. The van der Waals surface area contributed by atoms with Gasteiger partial charge in [-0.2, -0.15) is 0 Å². The highest BCUT2D eigenvalue weighted by molar-refractivity contribution is 5.92. The van der Waals surface area contributed by atoms with Gasteiger partial charge >= 0.3 is 6.09 Å². The molecule has 1 saturated carbocycles. The van der Waals surface area contributed by atoms with Gasteiger partial charge in [-0.05, 0) is 45.1 Å². The molecule has 1 fully saturated rings. The van der Waals surface area contributed by atoms with Crippen molar-refractivity contribution < 1.29 is 19.1 Å². The molecule has 1 aliphatic carbocycles. The summed E-state index contributed by atoms with van der Waals surface area (Å²) >= 11 is 0. The third kappa shape index (κ3) is 6.34. The maximum Gasteiger partial charge on any atom is 0.407 e. The fourth-order valence-corrected chi connectivity index (χ4v) is 3.98. The van der Waals surface area contributed by atoms with E-state index in [-0.39, 0.29) is 36.8 Å². The molecule has 7 nitrogen and oxygen atoms in total. The molecule has 2 rings (SSSR count). The minimum atomic E-state index is -1.12. The van der Waals surface area contributed by atoms with Crippen LogP contribution in [0.1, 0.15) is 52.5 Å². The lowest BCUT2D eigenvalue weighted by Crippen LogP contribution is -2.63. The van der Waals surface area contributed by atoms with Gasteiger partial charge in [-0.25, -0.2) is 4.79 Å². The van der Waals surface area contributed by atoms with Gasteiger partial charge in [-0.15, -0.1) is 6.58 Å². The summed E-state index contributed by atoms with van der Waals surface area (Å²) in [5.41, 5.74) is -0.688. The zero-order chi connectivity index (χ0) is 22.4. The van der Waals surface area contributed by atoms with E-state index in [0.717, 1.165) is 5.56 Å². The minimum Gasteiger partial charge on any atom is -0.445 e. The van der Waals surface area contributed by atoms with Crippen molar-refractivity contribution in [3.63, 3.8) is 0 Å². The van der Waals surface area contributed by atoms with Crippen LogP contribution in [0.5, 0.6) is 0 Å². The van der Waals surface area contributed by atoms with E-state index in [4.69, 9.17) is 4.74 Å². The van der Waals surface area contributed by atoms with Crippen LogP contribution in [0, 0.1) is 5.92 Å².